The van der Waals surface area contributed by atoms with Crippen LogP contribution in [-0.2, 0) is 22.4 Å². The fourth-order valence-electron chi connectivity index (χ4n) is 3.43. The summed E-state index contributed by atoms with van der Waals surface area (Å²) in [6.07, 6.45) is 2.88. The standard InChI is InChI=1S/C20H23NO6/c1-11(2)8-16(19(23)24)21-18(22)10-26-12-6-7-14-13-4-3-5-15(13)20(25)27-17(14)9-12/h6-7,9,11,16H,3-5,8,10H2,1-2H3,(H,21,22)(H,23,24). The largest absolute Gasteiger partial charge is 0.484 e. The number of nitrogens with one attached hydrogen (secondary N) is 1. The smallest absolute Gasteiger partial charge is 0.339 e. The maximum absolute atomic E-state index is 12.0. The minimum absolute atomic E-state index is 0.137. The first-order chi connectivity index (χ1) is 12.8. The number of carbonyl (C=O) groups excluding carboxylic acids is 1. The van der Waals surface area contributed by atoms with Gasteiger partial charge in [0.15, 0.2) is 6.61 Å². The van der Waals surface area contributed by atoms with E-state index < -0.39 is 17.9 Å². The van der Waals surface area contributed by atoms with Crippen LogP contribution in [0, 0.1) is 5.92 Å². The zero-order chi connectivity index (χ0) is 19.6. The third-order valence-electron chi connectivity index (χ3n) is 4.66. The number of amides is 1. The van der Waals surface area contributed by atoms with Crippen molar-refractivity contribution in [3.8, 4) is 5.75 Å². The van der Waals surface area contributed by atoms with Gasteiger partial charge >= 0.3 is 11.6 Å². The summed E-state index contributed by atoms with van der Waals surface area (Å²) in [6.45, 7) is 3.46. The number of carboxylic acid groups (broad SMARTS) is 1. The molecular weight excluding hydrogens is 350 g/mol. The van der Waals surface area contributed by atoms with Crippen LogP contribution >= 0.6 is 0 Å². The summed E-state index contributed by atoms with van der Waals surface area (Å²) in [4.78, 5) is 35.3. The van der Waals surface area contributed by atoms with Crippen molar-refractivity contribution >= 4 is 22.8 Å². The van der Waals surface area contributed by atoms with Gasteiger partial charge in [0.25, 0.3) is 5.91 Å². The molecule has 7 nitrogen and oxygen atoms in total. The zero-order valence-electron chi connectivity index (χ0n) is 15.4. The summed E-state index contributed by atoms with van der Waals surface area (Å²) < 4.78 is 10.8. The topological polar surface area (TPSA) is 106 Å². The number of carbonyl (C=O) groups is 2. The highest BCUT2D eigenvalue weighted by molar-refractivity contribution is 5.85. The summed E-state index contributed by atoms with van der Waals surface area (Å²) in [5.74, 6) is -1.07. The van der Waals surface area contributed by atoms with Gasteiger partial charge in [0.1, 0.15) is 17.4 Å². The van der Waals surface area contributed by atoms with E-state index in [4.69, 9.17) is 9.15 Å². The molecule has 27 heavy (non-hydrogen) atoms. The predicted octanol–water partition coefficient (Wildman–Crippen LogP) is 2.28. The first kappa shape index (κ1) is 18.9. The summed E-state index contributed by atoms with van der Waals surface area (Å²) in [7, 11) is 0. The molecule has 0 saturated heterocycles. The van der Waals surface area contributed by atoms with Crippen LogP contribution in [0.2, 0.25) is 0 Å². The van der Waals surface area contributed by atoms with Crippen LogP contribution in [-0.4, -0.2) is 29.6 Å². The Balaban J connectivity index is 1.68. The van der Waals surface area contributed by atoms with E-state index in [2.05, 4.69) is 5.32 Å². The van der Waals surface area contributed by atoms with Gasteiger partial charge in [-0.3, -0.25) is 4.79 Å². The molecule has 1 heterocycles. The summed E-state index contributed by atoms with van der Waals surface area (Å²) in [5.41, 5.74) is 1.90. The van der Waals surface area contributed by atoms with Crippen LogP contribution in [0.5, 0.6) is 5.75 Å². The number of fused-ring (bicyclic) bond motifs is 3. The molecule has 144 valence electrons. The normalized spacial score (nSPS) is 14.2. The molecule has 0 saturated carbocycles. The second-order valence-electron chi connectivity index (χ2n) is 7.23. The molecule has 0 spiro atoms. The van der Waals surface area contributed by atoms with Crippen molar-refractivity contribution in [3.05, 3.63) is 39.7 Å². The van der Waals surface area contributed by atoms with E-state index in [-0.39, 0.29) is 18.2 Å². The van der Waals surface area contributed by atoms with Crippen molar-refractivity contribution in [2.24, 2.45) is 5.92 Å². The predicted molar refractivity (Wildman–Crippen MR) is 99.0 cm³/mol. The highest BCUT2D eigenvalue weighted by atomic mass is 16.5. The Morgan fingerprint density at radius 3 is 2.70 bits per heavy atom. The summed E-state index contributed by atoms with van der Waals surface area (Å²) >= 11 is 0. The molecule has 1 aromatic heterocycles. The molecule has 3 rings (SSSR count). The van der Waals surface area contributed by atoms with Gasteiger partial charge in [0.2, 0.25) is 0 Å². The number of aliphatic carboxylic acids is 1. The van der Waals surface area contributed by atoms with E-state index in [0.717, 1.165) is 35.8 Å². The van der Waals surface area contributed by atoms with Crippen molar-refractivity contribution < 1.29 is 23.8 Å². The molecule has 1 aliphatic carbocycles. The lowest BCUT2D eigenvalue weighted by Crippen LogP contribution is -2.43. The SMILES string of the molecule is CC(C)CC(NC(=O)COc1ccc2c3c(c(=O)oc2c1)CCC3)C(=O)O. The fraction of sp³-hybridized carbons (Fsp3) is 0.450. The molecule has 0 fully saturated rings. The average Bonchev–Trinajstić information content (AvgIpc) is 3.09. The van der Waals surface area contributed by atoms with E-state index in [0.29, 0.717) is 17.8 Å². The number of rotatable bonds is 7. The molecule has 7 heteroatoms. The first-order valence-electron chi connectivity index (χ1n) is 9.08. The molecule has 1 aliphatic rings. The van der Waals surface area contributed by atoms with Crippen LogP contribution in [0.15, 0.2) is 27.4 Å². The van der Waals surface area contributed by atoms with Crippen LogP contribution < -0.4 is 15.7 Å². The zero-order valence-corrected chi connectivity index (χ0v) is 15.4. The van der Waals surface area contributed by atoms with Gasteiger partial charge in [0.05, 0.1) is 0 Å². The molecule has 1 unspecified atom stereocenters. The van der Waals surface area contributed by atoms with Crippen molar-refractivity contribution in [1.82, 2.24) is 5.32 Å². The maximum atomic E-state index is 12.0. The number of benzene rings is 1. The van der Waals surface area contributed by atoms with Gasteiger partial charge < -0.3 is 19.6 Å². The van der Waals surface area contributed by atoms with Crippen molar-refractivity contribution in [2.45, 2.75) is 45.6 Å². The Labute approximate surface area is 156 Å². The Kier molecular flexibility index (Phi) is 5.48. The average molecular weight is 373 g/mol. The third kappa shape index (κ3) is 4.30. The Hall–Kier alpha value is -2.83. The highest BCUT2D eigenvalue weighted by Crippen LogP contribution is 2.29. The molecule has 0 aliphatic heterocycles. The molecule has 0 radical (unpaired) electrons. The number of hydrogen-bond donors (Lipinski definition) is 2. The Bertz CT molecular complexity index is 930. The lowest BCUT2D eigenvalue weighted by atomic mass is 10.0. The minimum atomic E-state index is -1.07. The van der Waals surface area contributed by atoms with E-state index in [1.807, 2.05) is 19.9 Å². The van der Waals surface area contributed by atoms with Gasteiger partial charge in [-0.1, -0.05) is 13.8 Å². The van der Waals surface area contributed by atoms with Crippen LogP contribution in [0.1, 0.15) is 37.8 Å². The third-order valence-corrected chi connectivity index (χ3v) is 4.66. The van der Waals surface area contributed by atoms with Gasteiger partial charge in [-0.25, -0.2) is 9.59 Å². The molecule has 2 N–H and O–H groups in total. The first-order valence-corrected chi connectivity index (χ1v) is 9.08. The number of carboxylic acids is 1. The van der Waals surface area contributed by atoms with Gasteiger partial charge in [-0.05, 0) is 49.3 Å². The van der Waals surface area contributed by atoms with E-state index in [1.165, 1.54) is 0 Å². The lowest BCUT2D eigenvalue weighted by Gasteiger charge is -2.16. The second-order valence-corrected chi connectivity index (χ2v) is 7.23. The van der Waals surface area contributed by atoms with Crippen LogP contribution in [0.25, 0.3) is 11.0 Å². The maximum Gasteiger partial charge on any atom is 0.339 e. The van der Waals surface area contributed by atoms with E-state index in [1.54, 1.807) is 12.1 Å². The molecular formula is C20H23NO6. The second kappa shape index (κ2) is 7.82. The van der Waals surface area contributed by atoms with Crippen molar-refractivity contribution in [2.75, 3.05) is 6.61 Å². The quantitative estimate of drug-likeness (QED) is 0.721. The Morgan fingerprint density at radius 1 is 1.26 bits per heavy atom. The van der Waals surface area contributed by atoms with E-state index >= 15 is 0 Å². The number of aryl methyl sites for hydroxylation is 1. The van der Waals surface area contributed by atoms with Crippen molar-refractivity contribution in [3.63, 3.8) is 0 Å². The summed E-state index contributed by atoms with van der Waals surface area (Å²) in [6, 6.07) is 4.19. The van der Waals surface area contributed by atoms with Gasteiger partial charge in [0, 0.05) is 17.0 Å². The number of ether oxygens (including phenoxy) is 1. The molecule has 1 amide bonds. The monoisotopic (exact) mass is 373 g/mol. The molecule has 0 bridgehead atoms. The van der Waals surface area contributed by atoms with Gasteiger partial charge in [-0.2, -0.15) is 0 Å². The highest BCUT2D eigenvalue weighted by Gasteiger charge is 2.22. The minimum Gasteiger partial charge on any atom is -0.484 e. The van der Waals surface area contributed by atoms with Crippen LogP contribution in [0.3, 0.4) is 0 Å². The lowest BCUT2D eigenvalue weighted by molar-refractivity contribution is -0.142. The number of hydrogen-bond acceptors (Lipinski definition) is 5. The Morgan fingerprint density at radius 2 is 2.00 bits per heavy atom. The van der Waals surface area contributed by atoms with Gasteiger partial charge in [-0.15, -0.1) is 0 Å². The fourth-order valence-corrected chi connectivity index (χ4v) is 3.43. The molecule has 1 atom stereocenters. The molecule has 2 aromatic rings. The van der Waals surface area contributed by atoms with E-state index in [9.17, 15) is 19.5 Å². The van der Waals surface area contributed by atoms with Crippen molar-refractivity contribution in [1.29, 1.82) is 0 Å². The van der Waals surface area contributed by atoms with Crippen LogP contribution in [0.4, 0.5) is 0 Å². The summed E-state index contributed by atoms with van der Waals surface area (Å²) in [5, 5.41) is 12.5. The molecule has 1 aromatic carbocycles.